The maximum atomic E-state index is 11.6. The molecule has 0 aromatic heterocycles. The third-order valence-electron chi connectivity index (χ3n) is 2.25. The van der Waals surface area contributed by atoms with Gasteiger partial charge in [-0.1, -0.05) is 30.3 Å². The molecule has 1 fully saturated rings. The number of carbonyl (C=O) groups excluding carboxylic acids is 1. The first-order valence-electron chi connectivity index (χ1n) is 4.57. The zero-order chi connectivity index (χ0) is 9.10. The van der Waals surface area contributed by atoms with Gasteiger partial charge in [-0.25, -0.2) is 0 Å². The highest BCUT2D eigenvalue weighted by Gasteiger charge is 2.23. The Balaban J connectivity index is 2.20. The number of benzene rings is 1. The lowest BCUT2D eigenvalue weighted by atomic mass is 10.1. The second kappa shape index (κ2) is 3.97. The summed E-state index contributed by atoms with van der Waals surface area (Å²) in [6.45, 7) is 0. The van der Waals surface area contributed by atoms with Crippen LogP contribution >= 0.6 is 11.8 Å². The second-order valence-corrected chi connectivity index (χ2v) is 4.44. The quantitative estimate of drug-likeness (QED) is 0.680. The van der Waals surface area contributed by atoms with E-state index in [4.69, 9.17) is 0 Å². The Morgan fingerprint density at radius 1 is 1.23 bits per heavy atom. The van der Waals surface area contributed by atoms with E-state index in [1.54, 1.807) is 11.8 Å². The molecule has 1 atom stereocenters. The van der Waals surface area contributed by atoms with Crippen LogP contribution in [0.25, 0.3) is 0 Å². The molecule has 0 bridgehead atoms. The average molecular weight is 192 g/mol. The highest BCUT2D eigenvalue weighted by atomic mass is 32.2. The highest BCUT2D eigenvalue weighted by Crippen LogP contribution is 2.35. The molecule has 0 radical (unpaired) electrons. The number of hydrogen-bond donors (Lipinski definition) is 0. The van der Waals surface area contributed by atoms with Gasteiger partial charge in [0.2, 0.25) is 0 Å². The Kier molecular flexibility index (Phi) is 2.69. The van der Waals surface area contributed by atoms with Crippen molar-refractivity contribution in [3.05, 3.63) is 35.9 Å². The third-order valence-corrected chi connectivity index (χ3v) is 3.64. The molecule has 68 valence electrons. The van der Waals surface area contributed by atoms with Crippen LogP contribution in [0.15, 0.2) is 30.3 Å². The van der Waals surface area contributed by atoms with Gasteiger partial charge in [0.05, 0.1) is 5.25 Å². The van der Waals surface area contributed by atoms with Gasteiger partial charge >= 0.3 is 0 Å². The molecular formula is C11H12OS. The fraction of sp³-hybridized carbons (Fsp3) is 0.364. The molecule has 0 N–H and O–H groups in total. The summed E-state index contributed by atoms with van der Waals surface area (Å²) in [5.74, 6) is 1.51. The molecule has 0 saturated carbocycles. The van der Waals surface area contributed by atoms with E-state index in [0.29, 0.717) is 5.78 Å². The van der Waals surface area contributed by atoms with E-state index in [2.05, 4.69) is 0 Å². The van der Waals surface area contributed by atoms with E-state index < -0.39 is 0 Å². The van der Waals surface area contributed by atoms with Crippen LogP contribution in [0.2, 0.25) is 0 Å². The van der Waals surface area contributed by atoms with Crippen molar-refractivity contribution in [1.82, 2.24) is 0 Å². The predicted molar refractivity (Wildman–Crippen MR) is 55.9 cm³/mol. The molecule has 2 rings (SSSR count). The predicted octanol–water partition coefficient (Wildman–Crippen LogP) is 2.82. The number of ketones is 1. The van der Waals surface area contributed by atoms with E-state index in [1.165, 1.54) is 0 Å². The minimum atomic E-state index is 0.106. The molecule has 1 heterocycles. The van der Waals surface area contributed by atoms with Crippen LogP contribution in [0, 0.1) is 0 Å². The fourth-order valence-corrected chi connectivity index (χ4v) is 2.78. The highest BCUT2D eigenvalue weighted by molar-refractivity contribution is 8.00. The van der Waals surface area contributed by atoms with Crippen LogP contribution in [-0.2, 0) is 4.79 Å². The molecular weight excluding hydrogens is 180 g/mol. The van der Waals surface area contributed by atoms with Crippen molar-refractivity contribution < 1.29 is 4.79 Å². The summed E-state index contributed by atoms with van der Waals surface area (Å²) in [7, 11) is 0. The summed E-state index contributed by atoms with van der Waals surface area (Å²) in [5, 5.41) is 0.106. The van der Waals surface area contributed by atoms with Crippen molar-refractivity contribution in [3.63, 3.8) is 0 Å². The van der Waals surface area contributed by atoms with Crippen molar-refractivity contribution in [3.8, 4) is 0 Å². The molecule has 0 spiro atoms. The molecule has 1 nitrogen and oxygen atoms in total. The summed E-state index contributed by atoms with van der Waals surface area (Å²) in [5.41, 5.74) is 1.16. The minimum absolute atomic E-state index is 0.106. The fourth-order valence-electron chi connectivity index (χ4n) is 1.58. The Labute approximate surface area is 82.5 Å². The maximum absolute atomic E-state index is 11.6. The largest absolute Gasteiger partial charge is 0.298 e. The van der Waals surface area contributed by atoms with Gasteiger partial charge in [0.1, 0.15) is 5.78 Å². The summed E-state index contributed by atoms with van der Waals surface area (Å²) in [6, 6.07) is 10.1. The van der Waals surface area contributed by atoms with Gasteiger partial charge in [-0.3, -0.25) is 4.79 Å². The van der Waals surface area contributed by atoms with Crippen LogP contribution in [-0.4, -0.2) is 11.5 Å². The van der Waals surface area contributed by atoms with Crippen molar-refractivity contribution in [2.24, 2.45) is 0 Å². The molecule has 1 aromatic rings. The van der Waals surface area contributed by atoms with Gasteiger partial charge in [0.15, 0.2) is 0 Å². The zero-order valence-electron chi connectivity index (χ0n) is 7.40. The molecule has 1 unspecified atom stereocenters. The molecule has 13 heavy (non-hydrogen) atoms. The Bertz CT molecular complexity index is 294. The summed E-state index contributed by atoms with van der Waals surface area (Å²) < 4.78 is 0. The van der Waals surface area contributed by atoms with Crippen LogP contribution in [0.5, 0.6) is 0 Å². The SMILES string of the molecule is O=C1CCCSC1c1ccccc1. The van der Waals surface area contributed by atoms with Crippen LogP contribution in [0.3, 0.4) is 0 Å². The minimum Gasteiger partial charge on any atom is -0.298 e. The van der Waals surface area contributed by atoms with Gasteiger partial charge in [-0.05, 0) is 17.7 Å². The number of Topliss-reactive ketones (excluding diaryl/α,β-unsaturated/α-hetero) is 1. The first-order valence-corrected chi connectivity index (χ1v) is 5.62. The monoisotopic (exact) mass is 192 g/mol. The van der Waals surface area contributed by atoms with E-state index in [0.717, 1.165) is 24.2 Å². The van der Waals surface area contributed by atoms with Crippen molar-refractivity contribution >= 4 is 17.5 Å². The lowest BCUT2D eigenvalue weighted by molar-refractivity contribution is -0.118. The Hall–Kier alpha value is -0.760. The summed E-state index contributed by atoms with van der Waals surface area (Å²) in [6.07, 6.45) is 1.80. The molecule has 0 aliphatic carbocycles. The number of rotatable bonds is 1. The van der Waals surface area contributed by atoms with Crippen molar-refractivity contribution in [1.29, 1.82) is 0 Å². The molecule has 1 aromatic carbocycles. The van der Waals surface area contributed by atoms with E-state index in [1.807, 2.05) is 30.3 Å². The van der Waals surface area contributed by atoms with Crippen LogP contribution < -0.4 is 0 Å². The van der Waals surface area contributed by atoms with E-state index in [-0.39, 0.29) is 5.25 Å². The van der Waals surface area contributed by atoms with E-state index in [9.17, 15) is 4.79 Å². The van der Waals surface area contributed by atoms with Gasteiger partial charge in [-0.15, -0.1) is 11.8 Å². The topological polar surface area (TPSA) is 17.1 Å². The lowest BCUT2D eigenvalue weighted by Gasteiger charge is -2.20. The maximum Gasteiger partial charge on any atom is 0.150 e. The smallest absolute Gasteiger partial charge is 0.150 e. The number of thioether (sulfide) groups is 1. The molecule has 1 aliphatic heterocycles. The van der Waals surface area contributed by atoms with Crippen molar-refractivity contribution in [2.45, 2.75) is 18.1 Å². The summed E-state index contributed by atoms with van der Waals surface area (Å²) in [4.78, 5) is 11.6. The Morgan fingerprint density at radius 3 is 2.69 bits per heavy atom. The second-order valence-electron chi connectivity index (χ2n) is 3.23. The van der Waals surface area contributed by atoms with Gasteiger partial charge in [0, 0.05) is 6.42 Å². The van der Waals surface area contributed by atoms with Gasteiger partial charge < -0.3 is 0 Å². The zero-order valence-corrected chi connectivity index (χ0v) is 8.22. The number of carbonyl (C=O) groups is 1. The van der Waals surface area contributed by atoms with Crippen molar-refractivity contribution in [2.75, 3.05) is 5.75 Å². The lowest BCUT2D eigenvalue weighted by Crippen LogP contribution is -2.14. The van der Waals surface area contributed by atoms with Crippen LogP contribution in [0.4, 0.5) is 0 Å². The van der Waals surface area contributed by atoms with E-state index >= 15 is 0 Å². The third kappa shape index (κ3) is 1.94. The average Bonchev–Trinajstić information content (AvgIpc) is 2.20. The standard InChI is InChI=1S/C11H12OS/c12-10-7-4-8-13-11(10)9-5-2-1-3-6-9/h1-3,5-6,11H,4,7-8H2. The molecule has 1 saturated heterocycles. The first kappa shape index (κ1) is 8.82. The normalized spacial score (nSPS) is 23.1. The summed E-state index contributed by atoms with van der Waals surface area (Å²) >= 11 is 1.77. The molecule has 0 amide bonds. The molecule has 1 aliphatic rings. The van der Waals surface area contributed by atoms with Gasteiger partial charge in [0.25, 0.3) is 0 Å². The van der Waals surface area contributed by atoms with Crippen LogP contribution in [0.1, 0.15) is 23.7 Å². The molecule has 2 heteroatoms. The number of hydrogen-bond acceptors (Lipinski definition) is 2. The Morgan fingerprint density at radius 2 is 2.00 bits per heavy atom. The first-order chi connectivity index (χ1) is 6.38. The van der Waals surface area contributed by atoms with Gasteiger partial charge in [-0.2, -0.15) is 0 Å².